The minimum atomic E-state index is -4.44. The van der Waals surface area contributed by atoms with E-state index >= 15 is 0 Å². The number of hydrogen-bond acceptors (Lipinski definition) is 7. The third-order valence-electron chi connectivity index (χ3n) is 5.11. The maximum atomic E-state index is 12.9. The Balaban J connectivity index is 1.77. The lowest BCUT2D eigenvalue weighted by Gasteiger charge is -2.36. The lowest BCUT2D eigenvalue weighted by molar-refractivity contribution is -0.0913. The van der Waals surface area contributed by atoms with E-state index in [1.54, 1.807) is 12.4 Å². The summed E-state index contributed by atoms with van der Waals surface area (Å²) in [5.41, 5.74) is 0.874. The molecule has 0 aliphatic carbocycles. The van der Waals surface area contributed by atoms with Crippen LogP contribution in [0.3, 0.4) is 0 Å². The average molecular weight is 474 g/mol. The number of hydrogen-bond donors (Lipinski definition) is 2. The number of halogens is 3. The van der Waals surface area contributed by atoms with Gasteiger partial charge in [0.25, 0.3) is 5.91 Å². The molecule has 0 unspecified atom stereocenters. The Hall–Kier alpha value is -3.73. The molecule has 180 valence electrons. The van der Waals surface area contributed by atoms with E-state index in [1.165, 1.54) is 18.3 Å². The van der Waals surface area contributed by atoms with Crippen LogP contribution in [0, 0.1) is 0 Å². The first kappa shape index (κ1) is 24.9. The Kier molecular flexibility index (Phi) is 8.00. The van der Waals surface area contributed by atoms with Crippen LogP contribution in [-0.4, -0.2) is 54.6 Å². The van der Waals surface area contributed by atoms with Crippen molar-refractivity contribution in [1.82, 2.24) is 9.97 Å². The van der Waals surface area contributed by atoms with Crippen molar-refractivity contribution >= 4 is 29.8 Å². The van der Waals surface area contributed by atoms with E-state index in [9.17, 15) is 18.0 Å². The van der Waals surface area contributed by atoms with Gasteiger partial charge in [-0.2, -0.15) is 13.2 Å². The highest BCUT2D eigenvalue weighted by molar-refractivity contribution is 6.06. The van der Waals surface area contributed by atoms with Gasteiger partial charge in [0.15, 0.2) is 0 Å². The largest absolute Gasteiger partial charge is 0.412 e. The first-order valence-electron chi connectivity index (χ1n) is 10.4. The fraction of sp³-hybridized carbons (Fsp3) is 0.304. The van der Waals surface area contributed by atoms with Crippen LogP contribution in [-0.2, 0) is 4.74 Å². The third kappa shape index (κ3) is 6.41. The van der Waals surface area contributed by atoms with Crippen LogP contribution in [0.2, 0.25) is 0 Å². The maximum Gasteiger partial charge on any atom is 0.412 e. The number of aliphatic imine (C=N–C) groups is 1. The molecule has 1 fully saturated rings. The second-order valence-corrected chi connectivity index (χ2v) is 7.58. The molecule has 0 aromatic carbocycles. The summed E-state index contributed by atoms with van der Waals surface area (Å²) in [7, 11) is 0. The molecule has 1 amide bonds. The van der Waals surface area contributed by atoms with Crippen LogP contribution < -0.4 is 15.5 Å². The fourth-order valence-corrected chi connectivity index (χ4v) is 3.22. The quantitative estimate of drug-likeness (QED) is 0.456. The summed E-state index contributed by atoms with van der Waals surface area (Å²) in [6.07, 6.45) is 2.21. The number of nitrogens with zero attached hydrogens (tertiary/aromatic N) is 4. The van der Waals surface area contributed by atoms with E-state index < -0.39 is 17.7 Å². The molecular formula is C23H25F3N6O2. The van der Waals surface area contributed by atoms with Gasteiger partial charge in [0.05, 0.1) is 30.8 Å². The fourth-order valence-electron chi connectivity index (χ4n) is 3.22. The van der Waals surface area contributed by atoms with Crippen LogP contribution in [0.1, 0.15) is 24.2 Å². The van der Waals surface area contributed by atoms with E-state index in [1.807, 2.05) is 13.0 Å². The molecule has 11 heteroatoms. The summed E-state index contributed by atoms with van der Waals surface area (Å²) in [6, 6.07) is 4.95. The number of amides is 1. The van der Waals surface area contributed by atoms with Crippen molar-refractivity contribution in [2.45, 2.75) is 26.1 Å². The lowest BCUT2D eigenvalue weighted by Crippen LogP contribution is -2.44. The van der Waals surface area contributed by atoms with Crippen molar-refractivity contribution in [3.8, 4) is 0 Å². The van der Waals surface area contributed by atoms with Gasteiger partial charge in [-0.3, -0.25) is 9.78 Å². The van der Waals surface area contributed by atoms with Gasteiger partial charge >= 0.3 is 6.18 Å². The Morgan fingerprint density at radius 3 is 2.79 bits per heavy atom. The minimum absolute atomic E-state index is 0.0458. The van der Waals surface area contributed by atoms with Crippen molar-refractivity contribution in [2.75, 3.05) is 35.3 Å². The number of pyridine rings is 2. The number of carbonyl (C=O) groups excluding carboxylic acids is 1. The SMILES string of the molecule is C=N/C(=C\C=C(/C)C(F)(F)F)Nc1cc(C(=O)Nc2cnccc2N2CCOC[C@H]2C)ccn1. The average Bonchev–Trinajstić information content (AvgIpc) is 2.82. The number of ether oxygens (including phenoxy) is 1. The lowest BCUT2D eigenvalue weighted by atomic mass is 10.2. The van der Waals surface area contributed by atoms with Crippen LogP contribution >= 0.6 is 0 Å². The molecule has 0 radical (unpaired) electrons. The maximum absolute atomic E-state index is 12.9. The van der Waals surface area contributed by atoms with Crippen molar-refractivity contribution < 1.29 is 22.7 Å². The molecule has 0 bridgehead atoms. The molecule has 1 saturated heterocycles. The number of aromatic nitrogens is 2. The van der Waals surface area contributed by atoms with Gasteiger partial charge in [0, 0.05) is 36.1 Å². The highest BCUT2D eigenvalue weighted by Crippen LogP contribution is 2.28. The van der Waals surface area contributed by atoms with Crippen LogP contribution in [0.25, 0.3) is 0 Å². The minimum Gasteiger partial charge on any atom is -0.377 e. The summed E-state index contributed by atoms with van der Waals surface area (Å²) in [4.78, 5) is 27.0. The summed E-state index contributed by atoms with van der Waals surface area (Å²) in [5.74, 6) is -0.132. The van der Waals surface area contributed by atoms with E-state index in [-0.39, 0.29) is 23.2 Å². The highest BCUT2D eigenvalue weighted by Gasteiger charge is 2.29. The van der Waals surface area contributed by atoms with Crippen LogP contribution in [0.5, 0.6) is 0 Å². The van der Waals surface area contributed by atoms with Crippen LogP contribution in [0.15, 0.2) is 65.3 Å². The standard InChI is InChI=1S/C23H25F3N6O2/c1-15(23(24,25)26)4-5-20(27-3)31-21-12-17(6-9-29-21)22(33)30-18-13-28-8-7-19(18)32-10-11-34-14-16(32)2/h4-9,12-13,16H,3,10-11,14H2,1-2H3,(H,29,31)(H,30,33)/b15-4+,20-5+/t16-/m1/s1. The van der Waals surface area contributed by atoms with Gasteiger partial charge in [0.2, 0.25) is 0 Å². The molecule has 1 atom stereocenters. The van der Waals surface area contributed by atoms with E-state index in [2.05, 4.69) is 37.2 Å². The molecule has 8 nitrogen and oxygen atoms in total. The molecule has 2 aromatic heterocycles. The Morgan fingerprint density at radius 1 is 1.29 bits per heavy atom. The van der Waals surface area contributed by atoms with Crippen molar-refractivity contribution in [3.63, 3.8) is 0 Å². The van der Waals surface area contributed by atoms with Gasteiger partial charge in [0.1, 0.15) is 11.6 Å². The van der Waals surface area contributed by atoms with E-state index in [4.69, 9.17) is 4.74 Å². The monoisotopic (exact) mass is 474 g/mol. The van der Waals surface area contributed by atoms with Crippen molar-refractivity contribution in [3.05, 3.63) is 65.9 Å². The van der Waals surface area contributed by atoms with Gasteiger partial charge in [-0.15, -0.1) is 0 Å². The smallest absolute Gasteiger partial charge is 0.377 e. The Labute approximate surface area is 195 Å². The molecule has 0 spiro atoms. The number of allylic oxidation sites excluding steroid dienone is 3. The van der Waals surface area contributed by atoms with Crippen molar-refractivity contribution in [2.24, 2.45) is 4.99 Å². The van der Waals surface area contributed by atoms with Gasteiger partial charge < -0.3 is 20.3 Å². The number of morpholine rings is 1. The third-order valence-corrected chi connectivity index (χ3v) is 5.11. The zero-order valence-corrected chi connectivity index (χ0v) is 18.8. The summed E-state index contributed by atoms with van der Waals surface area (Å²) >= 11 is 0. The second kappa shape index (κ2) is 10.9. The molecule has 3 rings (SSSR count). The highest BCUT2D eigenvalue weighted by atomic mass is 19.4. The van der Waals surface area contributed by atoms with Crippen molar-refractivity contribution in [1.29, 1.82) is 0 Å². The topological polar surface area (TPSA) is 91.7 Å². The normalized spacial score (nSPS) is 17.3. The Bertz CT molecular complexity index is 1100. The first-order valence-corrected chi connectivity index (χ1v) is 10.4. The number of carbonyl (C=O) groups is 1. The molecule has 2 aromatic rings. The van der Waals surface area contributed by atoms with Gasteiger partial charge in [-0.05, 0) is 44.8 Å². The van der Waals surface area contributed by atoms with Crippen LogP contribution in [0.4, 0.5) is 30.4 Å². The molecule has 1 aliphatic heterocycles. The number of nitrogens with one attached hydrogen (secondary N) is 2. The zero-order chi connectivity index (χ0) is 24.7. The predicted molar refractivity (Wildman–Crippen MR) is 125 cm³/mol. The first-order chi connectivity index (χ1) is 16.2. The summed E-state index contributed by atoms with van der Waals surface area (Å²) in [6.45, 7) is 8.19. The molecule has 2 N–H and O–H groups in total. The zero-order valence-electron chi connectivity index (χ0n) is 18.8. The molecule has 1 aliphatic rings. The van der Waals surface area contributed by atoms with Gasteiger partial charge in [-0.25, -0.2) is 9.98 Å². The molecule has 0 saturated carbocycles. The van der Waals surface area contributed by atoms with Gasteiger partial charge in [-0.1, -0.05) is 6.08 Å². The number of rotatable bonds is 7. The summed E-state index contributed by atoms with van der Waals surface area (Å²) in [5, 5.41) is 5.63. The predicted octanol–water partition coefficient (Wildman–Crippen LogP) is 4.42. The molecule has 3 heterocycles. The number of alkyl halides is 3. The van der Waals surface area contributed by atoms with E-state index in [0.29, 0.717) is 25.4 Å². The molecular weight excluding hydrogens is 449 g/mol. The number of anilines is 3. The Morgan fingerprint density at radius 2 is 2.09 bits per heavy atom. The molecule has 34 heavy (non-hydrogen) atoms. The summed E-state index contributed by atoms with van der Waals surface area (Å²) < 4.78 is 43.5. The van der Waals surface area contributed by atoms with E-state index in [0.717, 1.165) is 24.8 Å². The second-order valence-electron chi connectivity index (χ2n) is 7.58.